The van der Waals surface area contributed by atoms with Crippen LogP contribution in [0.15, 0.2) is 42.5 Å². The van der Waals surface area contributed by atoms with Gasteiger partial charge in [0.25, 0.3) is 0 Å². The molecule has 0 amide bonds. The number of nitrogens with one attached hydrogen (secondary N) is 2. The maximum atomic E-state index is 9.21. The van der Waals surface area contributed by atoms with Gasteiger partial charge in [0.1, 0.15) is 23.9 Å². The number of rotatable bonds is 8. The van der Waals surface area contributed by atoms with Crippen LogP contribution in [0.4, 0.5) is 0 Å². The lowest BCUT2D eigenvalue weighted by Gasteiger charge is -2.10. The smallest absolute Gasteiger partial charge is 0.131 e. The summed E-state index contributed by atoms with van der Waals surface area (Å²) in [5, 5.41) is 19.8. The first kappa shape index (κ1) is 15.9. The van der Waals surface area contributed by atoms with Gasteiger partial charge in [0.05, 0.1) is 7.11 Å². The lowest BCUT2D eigenvalue weighted by molar-refractivity contribution is 0.311. The number of hydrogen-bond acceptors (Lipinski definition) is 5. The molecule has 3 N–H and O–H groups in total. The van der Waals surface area contributed by atoms with E-state index in [1.54, 1.807) is 31.4 Å². The number of aromatic hydroxyl groups is 1. The summed E-state index contributed by atoms with van der Waals surface area (Å²) in [5.74, 6) is 1.62. The van der Waals surface area contributed by atoms with E-state index in [9.17, 15) is 5.11 Å². The average molecular weight is 300 g/mol. The third kappa shape index (κ3) is 4.49. The summed E-state index contributed by atoms with van der Waals surface area (Å²) < 4.78 is 10.9. The second-order valence-electron chi connectivity index (χ2n) is 4.74. The largest absolute Gasteiger partial charge is 0.508 e. The van der Waals surface area contributed by atoms with Gasteiger partial charge in [-0.3, -0.25) is 0 Å². The van der Waals surface area contributed by atoms with Crippen LogP contribution in [0.25, 0.3) is 0 Å². The second kappa shape index (κ2) is 8.05. The highest BCUT2D eigenvalue weighted by atomic mass is 16.5. The molecule has 0 aliphatic heterocycles. The minimum absolute atomic E-state index is 0.273. The standard InChI is InChI=1S/C17H20N2O3/c1-21-17-10-16(7-4-14(17)11-18)22-9-8-19-12-13-2-5-15(20)6-3-13/h2-7,10-11,18-20H,8-9,12H2,1H3. The highest BCUT2D eigenvalue weighted by Gasteiger charge is 2.02. The SMILES string of the molecule is COc1cc(OCCNCc2ccc(O)cc2)ccc1C=N. The minimum atomic E-state index is 0.273. The van der Waals surface area contributed by atoms with Gasteiger partial charge in [-0.05, 0) is 29.8 Å². The minimum Gasteiger partial charge on any atom is -0.508 e. The van der Waals surface area contributed by atoms with Crippen molar-refractivity contribution in [1.29, 1.82) is 5.41 Å². The fourth-order valence-electron chi connectivity index (χ4n) is 1.99. The maximum Gasteiger partial charge on any atom is 0.131 e. The van der Waals surface area contributed by atoms with Crippen molar-refractivity contribution < 1.29 is 14.6 Å². The van der Waals surface area contributed by atoms with Crippen LogP contribution in [0.5, 0.6) is 17.2 Å². The van der Waals surface area contributed by atoms with Gasteiger partial charge in [-0.2, -0.15) is 0 Å². The van der Waals surface area contributed by atoms with E-state index in [-0.39, 0.29) is 5.75 Å². The van der Waals surface area contributed by atoms with E-state index in [0.717, 1.165) is 17.7 Å². The molecule has 0 bridgehead atoms. The van der Waals surface area contributed by atoms with Crippen molar-refractivity contribution in [3.05, 3.63) is 53.6 Å². The summed E-state index contributed by atoms with van der Waals surface area (Å²) >= 11 is 0. The molecule has 2 rings (SSSR count). The highest BCUT2D eigenvalue weighted by Crippen LogP contribution is 2.23. The van der Waals surface area contributed by atoms with Crippen LogP contribution in [-0.2, 0) is 6.54 Å². The summed E-state index contributed by atoms with van der Waals surface area (Å²) in [5.41, 5.74) is 1.83. The van der Waals surface area contributed by atoms with Crippen LogP contribution in [0.2, 0.25) is 0 Å². The molecule has 5 heteroatoms. The molecule has 22 heavy (non-hydrogen) atoms. The quantitative estimate of drug-likeness (QED) is 0.517. The van der Waals surface area contributed by atoms with Gasteiger partial charge in [-0.25, -0.2) is 0 Å². The van der Waals surface area contributed by atoms with Crippen LogP contribution >= 0.6 is 0 Å². The first-order valence-corrected chi connectivity index (χ1v) is 7.03. The molecule has 116 valence electrons. The third-order valence-electron chi connectivity index (χ3n) is 3.17. The Balaban J connectivity index is 1.74. The Morgan fingerprint density at radius 2 is 1.95 bits per heavy atom. The molecule has 0 fully saturated rings. The van der Waals surface area contributed by atoms with Crippen molar-refractivity contribution in [1.82, 2.24) is 5.32 Å². The summed E-state index contributed by atoms with van der Waals surface area (Å²) in [7, 11) is 1.57. The Labute approximate surface area is 130 Å². The van der Waals surface area contributed by atoms with Crippen molar-refractivity contribution in [2.24, 2.45) is 0 Å². The van der Waals surface area contributed by atoms with Gasteiger partial charge >= 0.3 is 0 Å². The number of methoxy groups -OCH3 is 1. The number of benzene rings is 2. The van der Waals surface area contributed by atoms with Crippen LogP contribution in [0.3, 0.4) is 0 Å². The van der Waals surface area contributed by atoms with E-state index in [0.29, 0.717) is 24.7 Å². The molecule has 0 aromatic heterocycles. The molecule has 0 saturated heterocycles. The second-order valence-corrected chi connectivity index (χ2v) is 4.74. The van der Waals surface area contributed by atoms with Gasteiger partial charge in [0.2, 0.25) is 0 Å². The number of phenols is 1. The molecule has 0 saturated carbocycles. The number of hydrogen-bond donors (Lipinski definition) is 3. The fourth-order valence-corrected chi connectivity index (χ4v) is 1.99. The summed E-state index contributed by atoms with van der Waals surface area (Å²) in [6, 6.07) is 12.5. The first-order chi connectivity index (χ1) is 10.7. The van der Waals surface area contributed by atoms with Gasteiger partial charge < -0.3 is 25.3 Å². The van der Waals surface area contributed by atoms with E-state index in [1.807, 2.05) is 18.2 Å². The zero-order valence-corrected chi connectivity index (χ0v) is 12.5. The Morgan fingerprint density at radius 3 is 2.64 bits per heavy atom. The molecule has 0 unspecified atom stereocenters. The molecule has 5 nitrogen and oxygen atoms in total. The molecule has 2 aromatic rings. The van der Waals surface area contributed by atoms with Crippen LogP contribution < -0.4 is 14.8 Å². The molecule has 0 atom stereocenters. The molecule has 0 aliphatic carbocycles. The van der Waals surface area contributed by atoms with E-state index in [1.165, 1.54) is 6.21 Å². The van der Waals surface area contributed by atoms with Crippen LogP contribution in [0.1, 0.15) is 11.1 Å². The summed E-state index contributed by atoms with van der Waals surface area (Å²) in [6.45, 7) is 1.96. The van der Waals surface area contributed by atoms with Gasteiger partial charge in [0.15, 0.2) is 0 Å². The van der Waals surface area contributed by atoms with Crippen LogP contribution in [0, 0.1) is 5.41 Å². The Kier molecular flexibility index (Phi) is 5.80. The zero-order valence-electron chi connectivity index (χ0n) is 12.5. The topological polar surface area (TPSA) is 74.6 Å². The Morgan fingerprint density at radius 1 is 1.18 bits per heavy atom. The Hall–Kier alpha value is -2.53. The van der Waals surface area contributed by atoms with Gasteiger partial charge in [-0.15, -0.1) is 0 Å². The average Bonchev–Trinajstić information content (AvgIpc) is 2.56. The number of ether oxygens (including phenoxy) is 2. The van der Waals surface area contributed by atoms with E-state index in [2.05, 4.69) is 5.32 Å². The van der Waals surface area contributed by atoms with E-state index >= 15 is 0 Å². The predicted molar refractivity (Wildman–Crippen MR) is 86.2 cm³/mol. The molecule has 0 spiro atoms. The normalized spacial score (nSPS) is 10.2. The van der Waals surface area contributed by atoms with Gasteiger partial charge in [-0.1, -0.05) is 12.1 Å². The lowest BCUT2D eigenvalue weighted by atomic mass is 10.2. The fraction of sp³-hybridized carbons (Fsp3) is 0.235. The number of phenolic OH excluding ortho intramolecular Hbond substituents is 1. The Bertz CT molecular complexity index is 612. The van der Waals surface area contributed by atoms with Gasteiger partial charge in [0, 0.05) is 30.9 Å². The monoisotopic (exact) mass is 300 g/mol. The first-order valence-electron chi connectivity index (χ1n) is 7.03. The molecule has 0 heterocycles. The van der Waals surface area contributed by atoms with Crippen molar-refractivity contribution in [2.75, 3.05) is 20.3 Å². The van der Waals surface area contributed by atoms with Crippen molar-refractivity contribution in [3.63, 3.8) is 0 Å². The molecule has 0 aliphatic rings. The maximum absolute atomic E-state index is 9.21. The van der Waals surface area contributed by atoms with E-state index < -0.39 is 0 Å². The molecular weight excluding hydrogens is 280 g/mol. The molecule has 0 radical (unpaired) electrons. The lowest BCUT2D eigenvalue weighted by Crippen LogP contribution is -2.20. The molecule has 2 aromatic carbocycles. The van der Waals surface area contributed by atoms with Crippen LogP contribution in [-0.4, -0.2) is 31.6 Å². The summed E-state index contributed by atoms with van der Waals surface area (Å²) in [4.78, 5) is 0. The summed E-state index contributed by atoms with van der Waals surface area (Å²) in [6.07, 6.45) is 1.25. The zero-order chi connectivity index (χ0) is 15.8. The van der Waals surface area contributed by atoms with E-state index in [4.69, 9.17) is 14.9 Å². The predicted octanol–water partition coefficient (Wildman–Crippen LogP) is 2.57. The highest BCUT2D eigenvalue weighted by molar-refractivity contribution is 5.81. The third-order valence-corrected chi connectivity index (χ3v) is 3.17. The van der Waals surface area contributed by atoms with Crippen molar-refractivity contribution in [3.8, 4) is 17.2 Å². The van der Waals surface area contributed by atoms with Crippen molar-refractivity contribution in [2.45, 2.75) is 6.54 Å². The molecular formula is C17H20N2O3. The van der Waals surface area contributed by atoms with Crippen molar-refractivity contribution >= 4 is 6.21 Å².